The predicted octanol–water partition coefficient (Wildman–Crippen LogP) is 0.211. The summed E-state index contributed by atoms with van der Waals surface area (Å²) in [6, 6.07) is 0. The lowest BCUT2D eigenvalue weighted by Gasteiger charge is -1.96. The molecule has 0 bridgehead atoms. The molecule has 0 aliphatic rings. The number of primary amides is 1. The molecule has 4 N–H and O–H groups in total. The quantitative estimate of drug-likeness (QED) is 0.664. The van der Waals surface area contributed by atoms with Crippen molar-refractivity contribution in [3.8, 4) is 0 Å². The second kappa shape index (κ2) is 3.86. The largest absolute Gasteiger partial charge is 0.381 e. The number of nitrogens with two attached hydrogens (primary N) is 2. The van der Waals surface area contributed by atoms with Crippen molar-refractivity contribution in [1.82, 2.24) is 9.97 Å². The van der Waals surface area contributed by atoms with Crippen molar-refractivity contribution in [3.63, 3.8) is 0 Å². The van der Waals surface area contributed by atoms with Gasteiger partial charge in [0.05, 0.1) is 11.9 Å². The molecule has 1 heterocycles. The monoisotopic (exact) mass is 198 g/mol. The van der Waals surface area contributed by atoms with E-state index >= 15 is 0 Å². The van der Waals surface area contributed by atoms with E-state index in [0.29, 0.717) is 5.69 Å². The van der Waals surface area contributed by atoms with Crippen LogP contribution in [0.4, 0.5) is 5.82 Å². The van der Waals surface area contributed by atoms with Crippen LogP contribution in [0, 0.1) is 0 Å². The van der Waals surface area contributed by atoms with Gasteiger partial charge in [-0.2, -0.15) is 0 Å². The van der Waals surface area contributed by atoms with Gasteiger partial charge in [-0.05, 0) is 6.08 Å². The first-order chi connectivity index (χ1) is 6.09. The van der Waals surface area contributed by atoms with Crippen molar-refractivity contribution < 1.29 is 4.79 Å². The molecule has 1 aromatic rings. The number of nitrogens with zero attached hydrogens (tertiary/aromatic N) is 2. The molecule has 6 heteroatoms. The molecule has 0 saturated carbocycles. The summed E-state index contributed by atoms with van der Waals surface area (Å²) in [4.78, 5) is 17.9. The maximum Gasteiger partial charge on any atom is 0.241 e. The van der Waals surface area contributed by atoms with Crippen LogP contribution in [0.3, 0.4) is 0 Å². The van der Waals surface area contributed by atoms with Crippen LogP contribution in [-0.4, -0.2) is 15.9 Å². The molecular weight excluding hydrogens is 192 g/mol. The summed E-state index contributed by atoms with van der Waals surface area (Å²) >= 11 is 5.58. The van der Waals surface area contributed by atoms with E-state index in [1.54, 1.807) is 0 Å². The van der Waals surface area contributed by atoms with E-state index in [9.17, 15) is 4.79 Å². The van der Waals surface area contributed by atoms with Crippen molar-refractivity contribution in [1.29, 1.82) is 0 Å². The van der Waals surface area contributed by atoms with Gasteiger partial charge in [-0.25, -0.2) is 9.97 Å². The summed E-state index contributed by atoms with van der Waals surface area (Å²) < 4.78 is 0. The Balaban J connectivity index is 2.92. The number of aromatic nitrogens is 2. The number of rotatable bonds is 2. The third-order valence-corrected chi connectivity index (χ3v) is 1.47. The number of halogens is 1. The second-order valence-corrected chi connectivity index (χ2v) is 2.56. The zero-order valence-electron chi connectivity index (χ0n) is 6.57. The molecule has 5 nitrogen and oxygen atoms in total. The van der Waals surface area contributed by atoms with E-state index in [2.05, 4.69) is 9.97 Å². The number of hydrogen-bond donors (Lipinski definition) is 2. The van der Waals surface area contributed by atoms with Gasteiger partial charge in [-0.1, -0.05) is 11.6 Å². The first kappa shape index (κ1) is 9.47. The molecule has 0 atom stereocenters. The Bertz CT molecular complexity index is 364. The molecule has 0 fully saturated rings. The maximum atomic E-state index is 10.4. The minimum atomic E-state index is -0.560. The van der Waals surface area contributed by atoms with E-state index in [-0.39, 0.29) is 11.0 Å². The Morgan fingerprint density at radius 3 is 2.85 bits per heavy atom. The summed E-state index contributed by atoms with van der Waals surface area (Å²) in [5, 5.41) is 0.103. The van der Waals surface area contributed by atoms with E-state index in [1.807, 2.05) is 0 Å². The fourth-order valence-electron chi connectivity index (χ4n) is 0.636. The standard InChI is InChI=1S/C7H7ClN4O/c8-6-7(10)11-3-4(12-6)1-2-5(9)13/h1-3H,(H2,9,13)(H2,10,11). The van der Waals surface area contributed by atoms with Crippen LogP contribution in [0.1, 0.15) is 5.69 Å². The molecule has 0 aliphatic carbocycles. The molecule has 0 aromatic carbocycles. The zero-order valence-corrected chi connectivity index (χ0v) is 7.32. The van der Waals surface area contributed by atoms with Gasteiger partial charge in [0, 0.05) is 6.08 Å². The predicted molar refractivity (Wildman–Crippen MR) is 49.7 cm³/mol. The summed E-state index contributed by atoms with van der Waals surface area (Å²) in [5.41, 5.74) is 10.6. The molecule has 0 saturated heterocycles. The minimum Gasteiger partial charge on any atom is -0.381 e. The van der Waals surface area contributed by atoms with E-state index in [1.165, 1.54) is 12.3 Å². The van der Waals surface area contributed by atoms with Gasteiger partial charge < -0.3 is 11.5 Å². The van der Waals surface area contributed by atoms with Gasteiger partial charge in [-0.15, -0.1) is 0 Å². The van der Waals surface area contributed by atoms with Crippen LogP contribution in [-0.2, 0) is 4.79 Å². The number of hydrogen-bond acceptors (Lipinski definition) is 4. The summed E-state index contributed by atoms with van der Waals surface area (Å²) in [6.45, 7) is 0. The molecule has 0 aliphatic heterocycles. The van der Waals surface area contributed by atoms with E-state index in [4.69, 9.17) is 23.1 Å². The molecule has 0 radical (unpaired) electrons. The van der Waals surface area contributed by atoms with Crippen LogP contribution in [0.2, 0.25) is 5.15 Å². The minimum absolute atomic E-state index is 0.103. The SMILES string of the molecule is NC(=O)C=Cc1cnc(N)c(Cl)n1. The van der Waals surface area contributed by atoms with Crippen LogP contribution in [0.25, 0.3) is 6.08 Å². The summed E-state index contributed by atoms with van der Waals surface area (Å²) in [5.74, 6) is -0.410. The molecule has 68 valence electrons. The summed E-state index contributed by atoms with van der Waals surface area (Å²) in [6.07, 6.45) is 3.96. The van der Waals surface area contributed by atoms with Crippen molar-refractivity contribution in [2.45, 2.75) is 0 Å². The van der Waals surface area contributed by atoms with Gasteiger partial charge in [-0.3, -0.25) is 4.79 Å². The highest BCUT2D eigenvalue weighted by Gasteiger charge is 1.98. The molecule has 0 unspecified atom stereocenters. The number of nitrogen functional groups attached to an aromatic ring is 1. The second-order valence-electron chi connectivity index (χ2n) is 2.21. The Labute approximate surface area is 79.4 Å². The first-order valence-electron chi connectivity index (χ1n) is 3.35. The molecule has 1 aromatic heterocycles. The van der Waals surface area contributed by atoms with E-state index in [0.717, 1.165) is 6.08 Å². The first-order valence-corrected chi connectivity index (χ1v) is 3.73. The molecule has 13 heavy (non-hydrogen) atoms. The van der Waals surface area contributed by atoms with Crippen LogP contribution < -0.4 is 11.5 Å². The number of carbonyl (C=O) groups excluding carboxylic acids is 1. The summed E-state index contributed by atoms with van der Waals surface area (Å²) in [7, 11) is 0. The van der Waals surface area contributed by atoms with E-state index < -0.39 is 5.91 Å². The van der Waals surface area contributed by atoms with Gasteiger partial charge in [0.1, 0.15) is 0 Å². The highest BCUT2D eigenvalue weighted by atomic mass is 35.5. The Kier molecular flexibility index (Phi) is 2.81. The number of anilines is 1. The smallest absolute Gasteiger partial charge is 0.241 e. The normalized spacial score (nSPS) is 10.5. The molecular formula is C7H7ClN4O. The average molecular weight is 199 g/mol. The van der Waals surface area contributed by atoms with Crippen LogP contribution in [0.15, 0.2) is 12.3 Å². The van der Waals surface area contributed by atoms with Gasteiger partial charge in [0.15, 0.2) is 11.0 Å². The van der Waals surface area contributed by atoms with Crippen LogP contribution in [0.5, 0.6) is 0 Å². The Morgan fingerprint density at radius 1 is 1.62 bits per heavy atom. The fourth-order valence-corrected chi connectivity index (χ4v) is 0.783. The highest BCUT2D eigenvalue weighted by Crippen LogP contribution is 2.12. The van der Waals surface area contributed by atoms with Gasteiger partial charge in [0.2, 0.25) is 5.91 Å². The average Bonchev–Trinajstić information content (AvgIpc) is 2.07. The Morgan fingerprint density at radius 2 is 2.31 bits per heavy atom. The van der Waals surface area contributed by atoms with Gasteiger partial charge >= 0.3 is 0 Å². The van der Waals surface area contributed by atoms with Crippen molar-refractivity contribution in [2.24, 2.45) is 5.73 Å². The number of amides is 1. The molecule has 0 spiro atoms. The fraction of sp³-hybridized carbons (Fsp3) is 0. The Hall–Kier alpha value is -1.62. The molecule has 1 rings (SSSR count). The third-order valence-electron chi connectivity index (χ3n) is 1.19. The lowest BCUT2D eigenvalue weighted by atomic mass is 10.4. The highest BCUT2D eigenvalue weighted by molar-refractivity contribution is 6.31. The lowest BCUT2D eigenvalue weighted by molar-refractivity contribution is -0.113. The zero-order chi connectivity index (χ0) is 9.84. The van der Waals surface area contributed by atoms with Crippen molar-refractivity contribution in [2.75, 3.05) is 5.73 Å². The molecule has 1 amide bonds. The topological polar surface area (TPSA) is 94.9 Å². The van der Waals surface area contributed by atoms with Crippen LogP contribution >= 0.6 is 11.6 Å². The van der Waals surface area contributed by atoms with Crippen molar-refractivity contribution >= 4 is 29.4 Å². The lowest BCUT2D eigenvalue weighted by Crippen LogP contribution is -2.05. The van der Waals surface area contributed by atoms with Gasteiger partial charge in [0.25, 0.3) is 0 Å². The number of carbonyl (C=O) groups is 1. The maximum absolute atomic E-state index is 10.4. The van der Waals surface area contributed by atoms with Crippen molar-refractivity contribution in [3.05, 3.63) is 23.1 Å². The third kappa shape index (κ3) is 2.72.